The highest BCUT2D eigenvalue weighted by Crippen LogP contribution is 2.19. The first-order valence-electron chi connectivity index (χ1n) is 10.2. The summed E-state index contributed by atoms with van der Waals surface area (Å²) in [6, 6.07) is 0. The number of amides is 1. The zero-order valence-electron chi connectivity index (χ0n) is 18.9. The van der Waals surface area contributed by atoms with Gasteiger partial charge in [0.25, 0.3) is 11.5 Å². The number of methoxy groups -OCH3 is 1. The summed E-state index contributed by atoms with van der Waals surface area (Å²) < 4.78 is 11.4. The molecule has 0 saturated carbocycles. The first-order chi connectivity index (χ1) is 15.1. The SMILES string of the molecule is COCCN(C(=O)COC(=O)c1cn[nH]c1C(C)C)c1c(N)n(CC(C)C)c(=O)[nH]c1=O. The van der Waals surface area contributed by atoms with Crippen LogP contribution in [0.5, 0.6) is 0 Å². The molecule has 0 fully saturated rings. The van der Waals surface area contributed by atoms with Crippen LogP contribution in [0.15, 0.2) is 15.8 Å². The molecule has 12 nitrogen and oxygen atoms in total. The van der Waals surface area contributed by atoms with E-state index in [2.05, 4.69) is 15.2 Å². The van der Waals surface area contributed by atoms with Crippen LogP contribution in [0.3, 0.4) is 0 Å². The smallest absolute Gasteiger partial charge is 0.342 e. The number of anilines is 2. The van der Waals surface area contributed by atoms with E-state index in [4.69, 9.17) is 15.2 Å². The van der Waals surface area contributed by atoms with Crippen LogP contribution in [-0.4, -0.2) is 58.5 Å². The van der Waals surface area contributed by atoms with Crippen LogP contribution in [0.4, 0.5) is 11.5 Å². The second-order valence-electron chi connectivity index (χ2n) is 7.96. The van der Waals surface area contributed by atoms with Crippen molar-refractivity contribution in [1.82, 2.24) is 19.7 Å². The Morgan fingerprint density at radius 2 is 1.94 bits per heavy atom. The largest absolute Gasteiger partial charge is 0.452 e. The molecule has 176 valence electrons. The molecule has 12 heteroatoms. The Morgan fingerprint density at radius 3 is 2.53 bits per heavy atom. The second kappa shape index (κ2) is 10.8. The molecule has 0 aromatic carbocycles. The van der Waals surface area contributed by atoms with E-state index in [0.29, 0.717) is 5.69 Å². The lowest BCUT2D eigenvalue weighted by molar-refractivity contribution is -0.121. The Labute approximate surface area is 184 Å². The fourth-order valence-corrected chi connectivity index (χ4v) is 3.11. The molecule has 0 radical (unpaired) electrons. The van der Waals surface area contributed by atoms with E-state index in [1.807, 2.05) is 27.7 Å². The minimum Gasteiger partial charge on any atom is -0.452 e. The number of esters is 1. The third-order valence-electron chi connectivity index (χ3n) is 4.64. The number of nitrogens with one attached hydrogen (secondary N) is 2. The van der Waals surface area contributed by atoms with Crippen molar-refractivity contribution >= 4 is 23.4 Å². The van der Waals surface area contributed by atoms with E-state index < -0.39 is 29.7 Å². The Balaban J connectivity index is 2.33. The number of carbonyl (C=O) groups excluding carboxylic acids is 2. The third-order valence-corrected chi connectivity index (χ3v) is 4.64. The molecule has 32 heavy (non-hydrogen) atoms. The minimum atomic E-state index is -0.819. The first-order valence-corrected chi connectivity index (χ1v) is 10.2. The van der Waals surface area contributed by atoms with Crippen molar-refractivity contribution in [3.8, 4) is 0 Å². The number of hydrogen-bond donors (Lipinski definition) is 3. The number of aromatic nitrogens is 4. The summed E-state index contributed by atoms with van der Waals surface area (Å²) >= 11 is 0. The maximum Gasteiger partial charge on any atom is 0.342 e. The number of ether oxygens (including phenoxy) is 2. The molecule has 2 aromatic rings. The Kier molecular flexibility index (Phi) is 8.35. The van der Waals surface area contributed by atoms with Gasteiger partial charge in [-0.15, -0.1) is 0 Å². The molecule has 0 unspecified atom stereocenters. The number of H-pyrrole nitrogens is 2. The summed E-state index contributed by atoms with van der Waals surface area (Å²) in [6.45, 7) is 7.16. The summed E-state index contributed by atoms with van der Waals surface area (Å²) in [5, 5.41) is 6.58. The highest BCUT2D eigenvalue weighted by atomic mass is 16.5. The van der Waals surface area contributed by atoms with Crippen molar-refractivity contribution in [2.75, 3.05) is 37.5 Å². The van der Waals surface area contributed by atoms with Gasteiger partial charge in [-0.05, 0) is 11.8 Å². The van der Waals surface area contributed by atoms with Gasteiger partial charge in [-0.2, -0.15) is 5.10 Å². The van der Waals surface area contributed by atoms with Crippen LogP contribution >= 0.6 is 0 Å². The van der Waals surface area contributed by atoms with E-state index in [9.17, 15) is 19.2 Å². The van der Waals surface area contributed by atoms with Crippen molar-refractivity contribution in [3.05, 3.63) is 38.3 Å². The molecule has 2 aromatic heterocycles. The number of carbonyl (C=O) groups is 2. The maximum atomic E-state index is 12.9. The van der Waals surface area contributed by atoms with E-state index in [-0.39, 0.29) is 48.6 Å². The number of rotatable bonds is 10. The molecule has 2 rings (SSSR count). The van der Waals surface area contributed by atoms with Gasteiger partial charge in [0.1, 0.15) is 11.4 Å². The highest BCUT2D eigenvalue weighted by Gasteiger charge is 2.26. The number of hydrogen-bond acceptors (Lipinski definition) is 8. The van der Waals surface area contributed by atoms with E-state index in [0.717, 1.165) is 4.90 Å². The molecular formula is C20H30N6O6. The standard InChI is InChI=1S/C20H30N6O6/c1-11(2)9-26-17(21)16(18(28)23-20(26)30)25(6-7-31-5)14(27)10-32-19(29)13-8-22-24-15(13)12(3)4/h8,11-12H,6-7,9-10,21H2,1-5H3,(H,22,24)(H,23,28,30). The van der Waals surface area contributed by atoms with Crippen LogP contribution in [0, 0.1) is 5.92 Å². The monoisotopic (exact) mass is 450 g/mol. The molecule has 0 saturated heterocycles. The predicted molar refractivity (Wildman–Crippen MR) is 118 cm³/mol. The van der Waals surface area contributed by atoms with Crippen molar-refractivity contribution in [2.24, 2.45) is 5.92 Å². The zero-order chi connectivity index (χ0) is 24.0. The number of nitrogens with two attached hydrogens (primary N) is 1. The van der Waals surface area contributed by atoms with Crippen LogP contribution in [0.2, 0.25) is 0 Å². The lowest BCUT2D eigenvalue weighted by Crippen LogP contribution is -2.44. The lowest BCUT2D eigenvalue weighted by Gasteiger charge is -2.24. The predicted octanol–water partition coefficient (Wildman–Crippen LogP) is 0.458. The van der Waals surface area contributed by atoms with Crippen LogP contribution < -0.4 is 21.9 Å². The zero-order valence-corrected chi connectivity index (χ0v) is 18.9. The molecule has 0 aliphatic heterocycles. The third kappa shape index (κ3) is 5.63. The second-order valence-corrected chi connectivity index (χ2v) is 7.96. The van der Waals surface area contributed by atoms with E-state index >= 15 is 0 Å². The molecule has 1 amide bonds. The summed E-state index contributed by atoms with van der Waals surface area (Å²) in [7, 11) is 1.43. The lowest BCUT2D eigenvalue weighted by atomic mass is 10.1. The van der Waals surface area contributed by atoms with Gasteiger partial charge in [0, 0.05) is 20.2 Å². The normalized spacial score (nSPS) is 11.2. The Hall–Kier alpha value is -3.41. The number of nitrogen functional groups attached to an aromatic ring is 1. The first kappa shape index (κ1) is 24.9. The Bertz CT molecular complexity index is 1070. The number of nitrogens with zero attached hydrogens (tertiary/aromatic N) is 3. The topological polar surface area (TPSA) is 165 Å². The van der Waals surface area contributed by atoms with Gasteiger partial charge >= 0.3 is 11.7 Å². The molecule has 2 heterocycles. The highest BCUT2D eigenvalue weighted by molar-refractivity contribution is 5.98. The molecule has 4 N–H and O–H groups in total. The van der Waals surface area contributed by atoms with E-state index in [1.165, 1.54) is 17.9 Å². The van der Waals surface area contributed by atoms with Crippen LogP contribution in [0.25, 0.3) is 0 Å². The van der Waals surface area contributed by atoms with Gasteiger partial charge in [-0.1, -0.05) is 27.7 Å². The maximum absolute atomic E-state index is 12.9. The molecule has 0 aliphatic rings. The summed E-state index contributed by atoms with van der Waals surface area (Å²) in [6.07, 6.45) is 1.33. The van der Waals surface area contributed by atoms with Crippen molar-refractivity contribution in [3.63, 3.8) is 0 Å². The molecule has 0 aliphatic carbocycles. The summed E-state index contributed by atoms with van der Waals surface area (Å²) in [5.74, 6) is -1.52. The van der Waals surface area contributed by atoms with Gasteiger partial charge in [0.2, 0.25) is 0 Å². The van der Waals surface area contributed by atoms with Gasteiger partial charge in [0.05, 0.1) is 18.5 Å². The van der Waals surface area contributed by atoms with E-state index in [1.54, 1.807) is 0 Å². The molecule has 0 bridgehead atoms. The summed E-state index contributed by atoms with van der Waals surface area (Å²) in [4.78, 5) is 53.4. The van der Waals surface area contributed by atoms with Crippen molar-refractivity contribution in [1.29, 1.82) is 0 Å². The fourth-order valence-electron chi connectivity index (χ4n) is 3.11. The molecule has 0 spiro atoms. The van der Waals surface area contributed by atoms with Crippen LogP contribution in [0.1, 0.15) is 49.7 Å². The number of aromatic amines is 2. The minimum absolute atomic E-state index is 0.00526. The van der Waals surface area contributed by atoms with Crippen molar-refractivity contribution < 1.29 is 19.1 Å². The van der Waals surface area contributed by atoms with Gasteiger partial charge in [0.15, 0.2) is 12.3 Å². The van der Waals surface area contributed by atoms with Gasteiger partial charge in [-0.25, -0.2) is 9.59 Å². The van der Waals surface area contributed by atoms with Gasteiger partial charge in [-0.3, -0.25) is 29.1 Å². The average molecular weight is 450 g/mol. The summed E-state index contributed by atoms with van der Waals surface area (Å²) in [5.41, 5.74) is 5.23. The van der Waals surface area contributed by atoms with Gasteiger partial charge < -0.3 is 15.2 Å². The Morgan fingerprint density at radius 1 is 1.25 bits per heavy atom. The molecule has 0 atom stereocenters. The molecular weight excluding hydrogens is 420 g/mol. The van der Waals surface area contributed by atoms with Crippen molar-refractivity contribution in [2.45, 2.75) is 40.2 Å². The van der Waals surface area contributed by atoms with Crippen LogP contribution in [-0.2, 0) is 20.8 Å². The fraction of sp³-hybridized carbons (Fsp3) is 0.550. The quantitative estimate of drug-likeness (QED) is 0.439. The average Bonchev–Trinajstić information content (AvgIpc) is 3.21.